The van der Waals surface area contributed by atoms with Crippen LogP contribution in [0.25, 0.3) is 0 Å². The minimum absolute atomic E-state index is 0.0602. The summed E-state index contributed by atoms with van der Waals surface area (Å²) < 4.78 is 0. The number of nitrogens with one attached hydrogen (secondary N) is 1. The Morgan fingerprint density at radius 3 is 2.80 bits per heavy atom. The third kappa shape index (κ3) is 3.18. The maximum Gasteiger partial charge on any atom is 0.211 e. The zero-order valence-corrected chi connectivity index (χ0v) is 8.57. The van der Waals surface area contributed by atoms with E-state index in [0.717, 1.165) is 0 Å². The van der Waals surface area contributed by atoms with Crippen LogP contribution in [-0.4, -0.2) is 18.2 Å². The van der Waals surface area contributed by atoms with Gasteiger partial charge in [-0.15, -0.1) is 0 Å². The van der Waals surface area contributed by atoms with Gasteiger partial charge in [0.05, 0.1) is 5.69 Å². The van der Waals surface area contributed by atoms with Gasteiger partial charge >= 0.3 is 0 Å². The quantitative estimate of drug-likeness (QED) is 0.561. The Morgan fingerprint density at radius 1 is 1.53 bits per heavy atom. The molecule has 3 N–H and O–H groups in total. The standard InChI is InChI=1S/C11H14N2O2/c1-8(12)6-11(15)9-4-2-3-5-10(9)13-7-14/h2-5,7-8H,6,12H2,1H3,(H,13,14). The van der Waals surface area contributed by atoms with Gasteiger partial charge in [-0.05, 0) is 19.1 Å². The molecule has 1 aromatic carbocycles. The Balaban J connectivity index is 2.91. The Hall–Kier alpha value is -1.68. The van der Waals surface area contributed by atoms with Gasteiger partial charge in [-0.2, -0.15) is 0 Å². The Morgan fingerprint density at radius 2 is 2.20 bits per heavy atom. The van der Waals surface area contributed by atoms with Crippen molar-refractivity contribution in [1.82, 2.24) is 0 Å². The number of ketones is 1. The van der Waals surface area contributed by atoms with Crippen LogP contribution in [-0.2, 0) is 4.79 Å². The lowest BCUT2D eigenvalue weighted by molar-refractivity contribution is -0.105. The maximum atomic E-state index is 11.7. The smallest absolute Gasteiger partial charge is 0.211 e. The molecule has 1 rings (SSSR count). The molecule has 0 heterocycles. The molecule has 0 saturated heterocycles. The Bertz CT molecular complexity index is 361. The van der Waals surface area contributed by atoms with Crippen molar-refractivity contribution in [2.75, 3.05) is 5.32 Å². The Kier molecular flexibility index (Phi) is 4.00. The first-order chi connectivity index (χ1) is 7.15. The van der Waals surface area contributed by atoms with Crippen LogP contribution in [0.2, 0.25) is 0 Å². The molecular formula is C11H14N2O2. The minimum atomic E-state index is -0.179. The van der Waals surface area contributed by atoms with Crippen LogP contribution < -0.4 is 11.1 Å². The summed E-state index contributed by atoms with van der Waals surface area (Å²) in [5.74, 6) is -0.0602. The van der Waals surface area contributed by atoms with Crippen molar-refractivity contribution in [2.24, 2.45) is 5.73 Å². The van der Waals surface area contributed by atoms with Gasteiger partial charge in [-0.1, -0.05) is 12.1 Å². The van der Waals surface area contributed by atoms with Crippen LogP contribution in [0.4, 0.5) is 5.69 Å². The van der Waals surface area contributed by atoms with E-state index < -0.39 is 0 Å². The van der Waals surface area contributed by atoms with E-state index in [1.807, 2.05) is 0 Å². The zero-order valence-electron chi connectivity index (χ0n) is 8.57. The van der Waals surface area contributed by atoms with Gasteiger partial charge in [0.15, 0.2) is 5.78 Å². The molecule has 1 unspecified atom stereocenters. The normalized spacial score (nSPS) is 11.9. The minimum Gasteiger partial charge on any atom is -0.328 e. The number of para-hydroxylation sites is 1. The van der Waals surface area contributed by atoms with Gasteiger partial charge in [0.2, 0.25) is 6.41 Å². The highest BCUT2D eigenvalue weighted by Crippen LogP contribution is 2.16. The van der Waals surface area contributed by atoms with Gasteiger partial charge < -0.3 is 11.1 Å². The van der Waals surface area contributed by atoms with Crippen LogP contribution in [0, 0.1) is 0 Å². The van der Waals surface area contributed by atoms with Gasteiger partial charge in [-0.25, -0.2) is 0 Å². The van der Waals surface area contributed by atoms with Crippen molar-refractivity contribution in [3.63, 3.8) is 0 Å². The van der Waals surface area contributed by atoms with E-state index in [1.165, 1.54) is 0 Å². The van der Waals surface area contributed by atoms with Gasteiger partial charge in [0.25, 0.3) is 0 Å². The monoisotopic (exact) mass is 206 g/mol. The summed E-state index contributed by atoms with van der Waals surface area (Å²) >= 11 is 0. The third-order valence-corrected chi connectivity index (χ3v) is 1.95. The van der Waals surface area contributed by atoms with Crippen molar-refractivity contribution in [3.8, 4) is 0 Å². The number of carbonyl (C=O) groups is 2. The lowest BCUT2D eigenvalue weighted by atomic mass is 10.0. The van der Waals surface area contributed by atoms with Crippen molar-refractivity contribution < 1.29 is 9.59 Å². The van der Waals surface area contributed by atoms with E-state index in [2.05, 4.69) is 5.32 Å². The second kappa shape index (κ2) is 5.26. The number of carbonyl (C=O) groups excluding carboxylic acids is 2. The van der Waals surface area contributed by atoms with Gasteiger partial charge in [-0.3, -0.25) is 9.59 Å². The molecule has 0 fully saturated rings. The molecule has 0 aromatic heterocycles. The predicted molar refractivity (Wildman–Crippen MR) is 58.7 cm³/mol. The second-order valence-electron chi connectivity index (χ2n) is 3.41. The van der Waals surface area contributed by atoms with Gasteiger partial charge in [0.1, 0.15) is 0 Å². The van der Waals surface area contributed by atoms with Crippen LogP contribution in [0.5, 0.6) is 0 Å². The zero-order chi connectivity index (χ0) is 11.3. The number of anilines is 1. The molecule has 1 atom stereocenters. The van der Waals surface area contributed by atoms with E-state index in [9.17, 15) is 9.59 Å². The molecule has 0 aliphatic heterocycles. The fourth-order valence-electron chi connectivity index (χ4n) is 1.32. The molecule has 1 amide bonds. The highest BCUT2D eigenvalue weighted by molar-refractivity contribution is 6.02. The lowest BCUT2D eigenvalue weighted by Crippen LogP contribution is -2.20. The van der Waals surface area contributed by atoms with Crippen molar-refractivity contribution in [1.29, 1.82) is 0 Å². The van der Waals surface area contributed by atoms with E-state index in [-0.39, 0.29) is 18.2 Å². The molecule has 0 aliphatic rings. The number of nitrogens with two attached hydrogens (primary N) is 1. The molecule has 0 spiro atoms. The first kappa shape index (κ1) is 11.4. The molecule has 4 heteroatoms. The summed E-state index contributed by atoms with van der Waals surface area (Å²) in [6, 6.07) is 6.69. The first-order valence-electron chi connectivity index (χ1n) is 4.73. The molecule has 0 bridgehead atoms. The molecule has 0 radical (unpaired) electrons. The largest absolute Gasteiger partial charge is 0.328 e. The summed E-state index contributed by atoms with van der Waals surface area (Å²) in [4.78, 5) is 22.0. The molecule has 0 aliphatic carbocycles. The molecule has 80 valence electrons. The first-order valence-corrected chi connectivity index (χ1v) is 4.73. The predicted octanol–water partition coefficient (Wildman–Crippen LogP) is 1.17. The van der Waals surface area contributed by atoms with E-state index in [4.69, 9.17) is 5.73 Å². The van der Waals surface area contributed by atoms with Crippen LogP contribution >= 0.6 is 0 Å². The third-order valence-electron chi connectivity index (χ3n) is 1.95. The number of hydrogen-bond acceptors (Lipinski definition) is 3. The van der Waals surface area contributed by atoms with Crippen molar-refractivity contribution in [3.05, 3.63) is 29.8 Å². The number of hydrogen-bond donors (Lipinski definition) is 2. The highest BCUT2D eigenvalue weighted by Gasteiger charge is 2.11. The molecule has 4 nitrogen and oxygen atoms in total. The number of Topliss-reactive ketones (excluding diaryl/α,β-unsaturated/α-hetero) is 1. The summed E-state index contributed by atoms with van der Waals surface area (Å²) in [7, 11) is 0. The molecule has 1 aromatic rings. The SMILES string of the molecule is CC(N)CC(=O)c1ccccc1NC=O. The summed E-state index contributed by atoms with van der Waals surface area (Å²) in [6.07, 6.45) is 0.829. The number of rotatable bonds is 5. The second-order valence-corrected chi connectivity index (χ2v) is 3.41. The number of benzene rings is 1. The lowest BCUT2D eigenvalue weighted by Gasteiger charge is -2.08. The topological polar surface area (TPSA) is 72.2 Å². The summed E-state index contributed by atoms with van der Waals surface area (Å²) in [5.41, 5.74) is 6.57. The molecule has 0 saturated carbocycles. The molecular weight excluding hydrogens is 192 g/mol. The van der Waals surface area contributed by atoms with Crippen molar-refractivity contribution >= 4 is 17.9 Å². The van der Waals surface area contributed by atoms with Crippen LogP contribution in [0.3, 0.4) is 0 Å². The van der Waals surface area contributed by atoms with Crippen LogP contribution in [0.15, 0.2) is 24.3 Å². The maximum absolute atomic E-state index is 11.7. The summed E-state index contributed by atoms with van der Waals surface area (Å²) in [5, 5.41) is 2.49. The van der Waals surface area contributed by atoms with E-state index >= 15 is 0 Å². The summed E-state index contributed by atoms with van der Waals surface area (Å²) in [6.45, 7) is 1.77. The van der Waals surface area contributed by atoms with E-state index in [0.29, 0.717) is 17.7 Å². The fraction of sp³-hybridized carbons (Fsp3) is 0.273. The average Bonchev–Trinajstić information content (AvgIpc) is 2.18. The fourth-order valence-corrected chi connectivity index (χ4v) is 1.32. The van der Waals surface area contributed by atoms with Crippen LogP contribution in [0.1, 0.15) is 23.7 Å². The van der Waals surface area contributed by atoms with Crippen molar-refractivity contribution in [2.45, 2.75) is 19.4 Å². The average molecular weight is 206 g/mol. The van der Waals surface area contributed by atoms with Gasteiger partial charge in [0, 0.05) is 18.0 Å². The molecule has 15 heavy (non-hydrogen) atoms. The highest BCUT2D eigenvalue weighted by atomic mass is 16.1. The van der Waals surface area contributed by atoms with E-state index in [1.54, 1.807) is 31.2 Å². The Labute approximate surface area is 88.5 Å². The number of amides is 1.